The number of aromatic nitrogens is 2. The van der Waals surface area contributed by atoms with E-state index in [1.54, 1.807) is 14.2 Å². The van der Waals surface area contributed by atoms with Gasteiger partial charge in [0.2, 0.25) is 0 Å². The number of fused-ring (bicyclic) bond motifs is 3. The Kier molecular flexibility index (Phi) is 3.38. The Labute approximate surface area is 140 Å². The third-order valence-corrected chi connectivity index (χ3v) is 4.42. The number of methoxy groups -OCH3 is 2. The smallest absolute Gasteiger partial charge is 0.140 e. The van der Waals surface area contributed by atoms with Gasteiger partial charge in [0.05, 0.1) is 25.1 Å². The van der Waals surface area contributed by atoms with E-state index in [-0.39, 0.29) is 0 Å². The van der Waals surface area contributed by atoms with E-state index in [2.05, 4.69) is 22.8 Å². The van der Waals surface area contributed by atoms with Crippen LogP contribution in [0.15, 0.2) is 54.6 Å². The minimum Gasteiger partial charge on any atom is -0.497 e. The van der Waals surface area contributed by atoms with E-state index in [9.17, 15) is 0 Å². The van der Waals surface area contributed by atoms with E-state index in [4.69, 9.17) is 14.5 Å². The summed E-state index contributed by atoms with van der Waals surface area (Å²) in [6.45, 7) is 0. The molecule has 0 unspecified atom stereocenters. The number of aryl methyl sites for hydroxylation is 1. The Bertz CT molecular complexity index is 1030. The molecule has 0 radical (unpaired) electrons. The molecule has 0 saturated carbocycles. The molecule has 4 nitrogen and oxygen atoms in total. The highest BCUT2D eigenvalue weighted by Crippen LogP contribution is 2.34. The minimum absolute atomic E-state index is 0.838. The van der Waals surface area contributed by atoms with Crippen molar-refractivity contribution in [3.05, 3.63) is 54.6 Å². The summed E-state index contributed by atoms with van der Waals surface area (Å²) in [6, 6.07) is 18.2. The molecule has 0 spiro atoms. The van der Waals surface area contributed by atoms with E-state index in [0.29, 0.717) is 0 Å². The van der Waals surface area contributed by atoms with Crippen molar-refractivity contribution in [3.63, 3.8) is 0 Å². The third-order valence-electron chi connectivity index (χ3n) is 4.42. The van der Waals surface area contributed by atoms with Crippen molar-refractivity contribution in [2.24, 2.45) is 7.05 Å². The third kappa shape index (κ3) is 2.11. The second-order valence-electron chi connectivity index (χ2n) is 5.71. The van der Waals surface area contributed by atoms with Crippen LogP contribution >= 0.6 is 0 Å². The molecule has 1 heterocycles. The molecule has 0 N–H and O–H groups in total. The molecule has 120 valence electrons. The number of hydrogen-bond donors (Lipinski definition) is 0. The van der Waals surface area contributed by atoms with Gasteiger partial charge < -0.3 is 14.0 Å². The normalized spacial score (nSPS) is 11.1. The second kappa shape index (κ2) is 5.57. The van der Waals surface area contributed by atoms with Gasteiger partial charge in [0.25, 0.3) is 0 Å². The zero-order valence-electron chi connectivity index (χ0n) is 13.9. The van der Waals surface area contributed by atoms with Gasteiger partial charge in [-0.1, -0.05) is 18.2 Å². The van der Waals surface area contributed by atoms with Crippen molar-refractivity contribution in [2.45, 2.75) is 0 Å². The lowest BCUT2D eigenvalue weighted by molar-refractivity contribution is 0.415. The van der Waals surface area contributed by atoms with E-state index in [1.807, 2.05) is 43.4 Å². The molecule has 4 heteroatoms. The largest absolute Gasteiger partial charge is 0.497 e. The summed E-state index contributed by atoms with van der Waals surface area (Å²) in [7, 11) is 5.40. The number of hydrogen-bond acceptors (Lipinski definition) is 3. The second-order valence-corrected chi connectivity index (χ2v) is 5.71. The van der Waals surface area contributed by atoms with Crippen LogP contribution in [-0.2, 0) is 7.05 Å². The van der Waals surface area contributed by atoms with Crippen LogP contribution < -0.4 is 9.47 Å². The molecular weight excluding hydrogens is 300 g/mol. The van der Waals surface area contributed by atoms with Gasteiger partial charge in [-0.15, -0.1) is 0 Å². The van der Waals surface area contributed by atoms with Gasteiger partial charge in [-0.25, -0.2) is 4.98 Å². The van der Waals surface area contributed by atoms with Crippen molar-refractivity contribution in [3.8, 4) is 22.9 Å². The number of ether oxygens (including phenoxy) is 2. The highest BCUT2D eigenvalue weighted by atomic mass is 16.5. The van der Waals surface area contributed by atoms with Gasteiger partial charge in [-0.3, -0.25) is 0 Å². The monoisotopic (exact) mass is 318 g/mol. The van der Waals surface area contributed by atoms with Gasteiger partial charge in [0, 0.05) is 12.6 Å². The van der Waals surface area contributed by atoms with Crippen molar-refractivity contribution in [2.75, 3.05) is 14.2 Å². The van der Waals surface area contributed by atoms with Crippen LogP contribution in [0.5, 0.6) is 11.5 Å². The zero-order chi connectivity index (χ0) is 16.7. The lowest BCUT2D eigenvalue weighted by atomic mass is 10.1. The van der Waals surface area contributed by atoms with Crippen LogP contribution in [0, 0.1) is 0 Å². The Morgan fingerprint density at radius 3 is 2.38 bits per heavy atom. The molecule has 0 aliphatic rings. The van der Waals surface area contributed by atoms with Gasteiger partial charge >= 0.3 is 0 Å². The van der Waals surface area contributed by atoms with Crippen molar-refractivity contribution in [1.82, 2.24) is 9.55 Å². The Hall–Kier alpha value is -3.01. The van der Waals surface area contributed by atoms with E-state index < -0.39 is 0 Å². The number of nitrogens with zero attached hydrogens (tertiary/aromatic N) is 2. The fourth-order valence-electron chi connectivity index (χ4n) is 3.16. The minimum atomic E-state index is 0.838. The quantitative estimate of drug-likeness (QED) is 0.561. The van der Waals surface area contributed by atoms with Gasteiger partial charge in [-0.2, -0.15) is 0 Å². The summed E-state index contributed by atoms with van der Waals surface area (Å²) in [5.74, 6) is 2.60. The van der Waals surface area contributed by atoms with E-state index in [1.165, 1.54) is 0 Å². The standard InChI is InChI=1S/C20H18N2O2/c1-22-16-12-9-13-5-4-6-17(24-3)18(13)19(16)21-20(22)14-7-10-15(23-2)11-8-14/h4-12H,1-3H3. The average molecular weight is 318 g/mol. The molecule has 0 amide bonds. The predicted molar refractivity (Wildman–Crippen MR) is 96.8 cm³/mol. The number of rotatable bonds is 3. The fourth-order valence-corrected chi connectivity index (χ4v) is 3.16. The number of benzene rings is 3. The topological polar surface area (TPSA) is 36.3 Å². The summed E-state index contributed by atoms with van der Waals surface area (Å²) in [5.41, 5.74) is 3.09. The van der Waals surface area contributed by atoms with Gasteiger partial charge in [0.15, 0.2) is 0 Å². The highest BCUT2D eigenvalue weighted by molar-refractivity contribution is 6.08. The van der Waals surface area contributed by atoms with Crippen LogP contribution in [-0.4, -0.2) is 23.8 Å². The predicted octanol–water partition coefficient (Wildman–Crippen LogP) is 4.41. The maximum Gasteiger partial charge on any atom is 0.140 e. The van der Waals surface area contributed by atoms with Crippen molar-refractivity contribution < 1.29 is 9.47 Å². The first kappa shape index (κ1) is 14.6. The highest BCUT2D eigenvalue weighted by Gasteiger charge is 2.14. The Morgan fingerprint density at radius 1 is 0.875 bits per heavy atom. The SMILES string of the molecule is COc1ccc(-c2nc3c4c(OC)cccc4ccc3n2C)cc1. The Morgan fingerprint density at radius 2 is 1.67 bits per heavy atom. The van der Waals surface area contributed by atoms with Crippen LogP contribution in [0.4, 0.5) is 0 Å². The molecule has 0 fully saturated rings. The molecule has 0 aliphatic heterocycles. The molecule has 0 saturated heterocycles. The van der Waals surface area contributed by atoms with Crippen LogP contribution in [0.25, 0.3) is 33.2 Å². The first-order chi connectivity index (χ1) is 11.7. The lowest BCUT2D eigenvalue weighted by Gasteiger charge is -2.06. The zero-order valence-corrected chi connectivity index (χ0v) is 13.9. The summed E-state index contributed by atoms with van der Waals surface area (Å²) in [5, 5.41) is 2.18. The van der Waals surface area contributed by atoms with Gasteiger partial charge in [-0.05, 0) is 41.8 Å². The molecule has 3 aromatic carbocycles. The van der Waals surface area contributed by atoms with Gasteiger partial charge in [0.1, 0.15) is 22.8 Å². The first-order valence-electron chi connectivity index (χ1n) is 7.79. The number of imidazole rings is 1. The molecule has 4 rings (SSSR count). The van der Waals surface area contributed by atoms with Crippen LogP contribution in [0.2, 0.25) is 0 Å². The summed E-state index contributed by atoms with van der Waals surface area (Å²) in [6.07, 6.45) is 0. The van der Waals surface area contributed by atoms with E-state index in [0.717, 1.165) is 44.7 Å². The average Bonchev–Trinajstić information content (AvgIpc) is 2.98. The van der Waals surface area contributed by atoms with Crippen LogP contribution in [0.3, 0.4) is 0 Å². The molecular formula is C20H18N2O2. The molecule has 0 aliphatic carbocycles. The molecule has 4 aromatic rings. The lowest BCUT2D eigenvalue weighted by Crippen LogP contribution is -1.92. The summed E-state index contributed by atoms with van der Waals surface area (Å²) >= 11 is 0. The van der Waals surface area contributed by atoms with Crippen LogP contribution in [0.1, 0.15) is 0 Å². The molecule has 24 heavy (non-hydrogen) atoms. The molecule has 0 bridgehead atoms. The summed E-state index contributed by atoms with van der Waals surface area (Å²) in [4.78, 5) is 4.92. The van der Waals surface area contributed by atoms with E-state index >= 15 is 0 Å². The maximum atomic E-state index is 5.55. The van der Waals surface area contributed by atoms with Crippen molar-refractivity contribution >= 4 is 21.8 Å². The molecule has 1 aromatic heterocycles. The fraction of sp³-hybridized carbons (Fsp3) is 0.150. The maximum absolute atomic E-state index is 5.55. The Balaban J connectivity index is 2.01. The van der Waals surface area contributed by atoms with Crippen molar-refractivity contribution in [1.29, 1.82) is 0 Å². The summed E-state index contributed by atoms with van der Waals surface area (Å²) < 4.78 is 12.9. The molecule has 0 atom stereocenters. The first-order valence-corrected chi connectivity index (χ1v) is 7.79.